The Bertz CT molecular complexity index is 617. The Labute approximate surface area is 122 Å². The van der Waals surface area contributed by atoms with Crippen LogP contribution in [0.4, 0.5) is 5.13 Å². The van der Waals surface area contributed by atoms with Crippen LogP contribution in [-0.2, 0) is 4.79 Å². The quantitative estimate of drug-likeness (QED) is 0.912. The Morgan fingerprint density at radius 1 is 1.45 bits per heavy atom. The van der Waals surface area contributed by atoms with Gasteiger partial charge in [-0.1, -0.05) is 24.3 Å². The molecule has 1 atom stereocenters. The average molecular weight is 287 g/mol. The summed E-state index contributed by atoms with van der Waals surface area (Å²) in [6.07, 6.45) is 1.96. The molecule has 20 heavy (non-hydrogen) atoms. The highest BCUT2D eigenvalue weighted by atomic mass is 32.1. The van der Waals surface area contributed by atoms with E-state index >= 15 is 0 Å². The van der Waals surface area contributed by atoms with Crippen LogP contribution < -0.4 is 10.6 Å². The van der Waals surface area contributed by atoms with Gasteiger partial charge in [-0.25, -0.2) is 4.98 Å². The number of amides is 1. The maximum Gasteiger partial charge on any atom is 0.243 e. The van der Waals surface area contributed by atoms with Gasteiger partial charge >= 0.3 is 0 Å². The molecule has 0 radical (unpaired) electrons. The maximum atomic E-state index is 12.0. The third kappa shape index (κ3) is 2.73. The molecule has 2 N–H and O–H groups in total. The molecule has 2 aromatic rings. The summed E-state index contributed by atoms with van der Waals surface area (Å²) >= 11 is 1.47. The topological polar surface area (TPSA) is 54.0 Å². The van der Waals surface area contributed by atoms with Crippen molar-refractivity contribution in [2.45, 2.75) is 25.8 Å². The molecule has 1 aromatic heterocycles. The van der Waals surface area contributed by atoms with E-state index in [0.717, 1.165) is 30.6 Å². The van der Waals surface area contributed by atoms with Crippen molar-refractivity contribution in [3.8, 4) is 11.3 Å². The lowest BCUT2D eigenvalue weighted by atomic mass is 10.1. The highest BCUT2D eigenvalue weighted by Crippen LogP contribution is 2.27. The number of benzene rings is 1. The van der Waals surface area contributed by atoms with Crippen molar-refractivity contribution in [1.82, 2.24) is 10.3 Å². The number of rotatable bonds is 3. The summed E-state index contributed by atoms with van der Waals surface area (Å²) in [5.41, 5.74) is 3.22. The first-order valence-corrected chi connectivity index (χ1v) is 7.68. The van der Waals surface area contributed by atoms with Crippen LogP contribution in [0.2, 0.25) is 0 Å². The summed E-state index contributed by atoms with van der Waals surface area (Å²) in [7, 11) is 0. The van der Waals surface area contributed by atoms with Gasteiger partial charge in [0.05, 0.1) is 11.7 Å². The zero-order valence-electron chi connectivity index (χ0n) is 11.3. The van der Waals surface area contributed by atoms with E-state index in [2.05, 4.69) is 34.7 Å². The zero-order chi connectivity index (χ0) is 13.9. The van der Waals surface area contributed by atoms with E-state index in [-0.39, 0.29) is 11.9 Å². The number of carbonyl (C=O) groups excluding carboxylic acids is 1. The molecule has 1 amide bonds. The van der Waals surface area contributed by atoms with Gasteiger partial charge in [-0.2, -0.15) is 0 Å². The minimum atomic E-state index is -0.0687. The molecule has 0 saturated carbocycles. The van der Waals surface area contributed by atoms with Crippen LogP contribution in [0.5, 0.6) is 0 Å². The van der Waals surface area contributed by atoms with Gasteiger partial charge < -0.3 is 10.6 Å². The van der Waals surface area contributed by atoms with Gasteiger partial charge in [-0.15, -0.1) is 11.3 Å². The molecule has 1 fully saturated rings. The molecule has 1 aliphatic rings. The Kier molecular flexibility index (Phi) is 3.80. The number of aryl methyl sites for hydroxylation is 1. The van der Waals surface area contributed by atoms with Crippen molar-refractivity contribution >= 4 is 22.4 Å². The number of hydrogen-bond acceptors (Lipinski definition) is 4. The van der Waals surface area contributed by atoms with Crippen molar-refractivity contribution in [1.29, 1.82) is 0 Å². The fourth-order valence-electron chi connectivity index (χ4n) is 2.42. The van der Waals surface area contributed by atoms with Gasteiger partial charge in [-0.05, 0) is 31.9 Å². The van der Waals surface area contributed by atoms with E-state index in [1.807, 2.05) is 17.5 Å². The molecule has 1 aromatic carbocycles. The van der Waals surface area contributed by atoms with E-state index in [9.17, 15) is 4.79 Å². The predicted molar refractivity (Wildman–Crippen MR) is 81.9 cm³/mol. The zero-order valence-corrected chi connectivity index (χ0v) is 12.2. The second kappa shape index (κ2) is 5.73. The van der Waals surface area contributed by atoms with Gasteiger partial charge in [0.1, 0.15) is 0 Å². The molecular formula is C15H17N3OS. The molecule has 0 bridgehead atoms. The number of nitrogens with one attached hydrogen (secondary N) is 2. The summed E-state index contributed by atoms with van der Waals surface area (Å²) in [5, 5.41) is 8.74. The average Bonchev–Trinajstić information content (AvgIpc) is 3.10. The highest BCUT2D eigenvalue weighted by molar-refractivity contribution is 7.14. The molecule has 1 aliphatic heterocycles. The van der Waals surface area contributed by atoms with Gasteiger partial charge in [0.15, 0.2) is 5.13 Å². The van der Waals surface area contributed by atoms with Crippen molar-refractivity contribution in [2.75, 3.05) is 11.9 Å². The normalized spacial score (nSPS) is 18.1. The Morgan fingerprint density at radius 3 is 3.05 bits per heavy atom. The summed E-state index contributed by atoms with van der Waals surface area (Å²) in [5.74, 6) is 0.0215. The summed E-state index contributed by atoms with van der Waals surface area (Å²) in [6, 6.07) is 8.06. The van der Waals surface area contributed by atoms with Crippen LogP contribution in [0.3, 0.4) is 0 Å². The number of hydrogen-bond donors (Lipinski definition) is 2. The number of aromatic nitrogens is 1. The van der Waals surface area contributed by atoms with E-state index in [0.29, 0.717) is 5.13 Å². The van der Waals surface area contributed by atoms with Crippen LogP contribution in [0.25, 0.3) is 11.3 Å². The highest BCUT2D eigenvalue weighted by Gasteiger charge is 2.22. The molecule has 2 heterocycles. The van der Waals surface area contributed by atoms with Crippen molar-refractivity contribution < 1.29 is 4.79 Å². The molecule has 5 heteroatoms. The standard InChI is InChI=1S/C15H17N3OS/c1-10-5-2-3-6-11(10)13-9-20-15(17-13)18-14(19)12-7-4-8-16-12/h2-3,5-6,9,12,16H,4,7-8H2,1H3,(H,17,18,19). The lowest BCUT2D eigenvalue weighted by Gasteiger charge is -2.08. The lowest BCUT2D eigenvalue weighted by Crippen LogP contribution is -2.35. The van der Waals surface area contributed by atoms with E-state index in [1.54, 1.807) is 0 Å². The first kappa shape index (κ1) is 13.3. The Balaban J connectivity index is 1.74. The van der Waals surface area contributed by atoms with Gasteiger partial charge in [-0.3, -0.25) is 4.79 Å². The Morgan fingerprint density at radius 2 is 2.30 bits per heavy atom. The van der Waals surface area contributed by atoms with Crippen LogP contribution in [0, 0.1) is 6.92 Å². The molecule has 3 rings (SSSR count). The first-order chi connectivity index (χ1) is 9.74. The SMILES string of the molecule is Cc1ccccc1-c1csc(NC(=O)C2CCCN2)n1. The van der Waals surface area contributed by atoms with Crippen molar-refractivity contribution in [3.05, 3.63) is 35.2 Å². The van der Waals surface area contributed by atoms with Crippen LogP contribution in [0.15, 0.2) is 29.6 Å². The van der Waals surface area contributed by atoms with Crippen molar-refractivity contribution in [3.63, 3.8) is 0 Å². The number of thiazole rings is 1. The molecular weight excluding hydrogens is 270 g/mol. The van der Waals surface area contributed by atoms with E-state index in [1.165, 1.54) is 16.9 Å². The smallest absolute Gasteiger partial charge is 0.243 e. The summed E-state index contributed by atoms with van der Waals surface area (Å²) in [4.78, 5) is 16.5. The third-order valence-electron chi connectivity index (χ3n) is 3.53. The van der Waals surface area contributed by atoms with Gasteiger partial charge in [0, 0.05) is 10.9 Å². The fraction of sp³-hybridized carbons (Fsp3) is 0.333. The van der Waals surface area contributed by atoms with Crippen LogP contribution in [-0.4, -0.2) is 23.5 Å². The minimum absolute atomic E-state index is 0.0215. The second-order valence-corrected chi connectivity index (χ2v) is 5.85. The second-order valence-electron chi connectivity index (χ2n) is 4.99. The van der Waals surface area contributed by atoms with Crippen LogP contribution in [0.1, 0.15) is 18.4 Å². The third-order valence-corrected chi connectivity index (χ3v) is 4.29. The summed E-state index contributed by atoms with van der Waals surface area (Å²) in [6.45, 7) is 2.99. The number of anilines is 1. The molecule has 1 unspecified atom stereocenters. The van der Waals surface area contributed by atoms with E-state index in [4.69, 9.17) is 0 Å². The molecule has 4 nitrogen and oxygen atoms in total. The molecule has 104 valence electrons. The Hall–Kier alpha value is -1.72. The van der Waals surface area contributed by atoms with Crippen LogP contribution >= 0.6 is 11.3 Å². The number of nitrogens with zero attached hydrogens (tertiary/aromatic N) is 1. The number of carbonyl (C=O) groups is 1. The first-order valence-electron chi connectivity index (χ1n) is 6.80. The fourth-order valence-corrected chi connectivity index (χ4v) is 3.13. The largest absolute Gasteiger partial charge is 0.306 e. The summed E-state index contributed by atoms with van der Waals surface area (Å²) < 4.78 is 0. The lowest BCUT2D eigenvalue weighted by molar-refractivity contribution is -0.117. The molecule has 1 saturated heterocycles. The van der Waals surface area contributed by atoms with Crippen molar-refractivity contribution in [2.24, 2.45) is 0 Å². The van der Waals surface area contributed by atoms with Gasteiger partial charge in [0.25, 0.3) is 0 Å². The van der Waals surface area contributed by atoms with E-state index < -0.39 is 0 Å². The monoisotopic (exact) mass is 287 g/mol. The molecule has 0 spiro atoms. The maximum absolute atomic E-state index is 12.0. The van der Waals surface area contributed by atoms with Gasteiger partial charge in [0.2, 0.25) is 5.91 Å². The molecule has 0 aliphatic carbocycles. The predicted octanol–water partition coefficient (Wildman–Crippen LogP) is 2.81. The minimum Gasteiger partial charge on any atom is -0.306 e.